The van der Waals surface area contributed by atoms with Crippen LogP contribution >= 0.6 is 0 Å². The van der Waals surface area contributed by atoms with Crippen molar-refractivity contribution in [2.45, 2.75) is 31.7 Å². The zero-order valence-corrected chi connectivity index (χ0v) is 11.1. The van der Waals surface area contributed by atoms with E-state index in [9.17, 15) is 19.8 Å². The Labute approximate surface area is 118 Å². The molecule has 0 spiro atoms. The quantitative estimate of drug-likeness (QED) is 0.324. The number of carbonyl (C=O) groups is 2. The molecule has 0 aliphatic heterocycles. The number of aliphatic hydroxyl groups excluding tert-OH is 3. The summed E-state index contributed by atoms with van der Waals surface area (Å²) in [7, 11) is 0. The van der Waals surface area contributed by atoms with Gasteiger partial charge in [-0.1, -0.05) is 5.16 Å². The number of hydrogen-bond donors (Lipinski definition) is 6. The lowest BCUT2D eigenvalue weighted by Gasteiger charge is -2.16. The Morgan fingerprint density at radius 2 is 2.05 bits per heavy atom. The fourth-order valence-corrected chi connectivity index (χ4v) is 1.29. The van der Waals surface area contributed by atoms with Gasteiger partial charge in [0.2, 0.25) is 11.7 Å². The van der Waals surface area contributed by atoms with E-state index in [2.05, 4.69) is 15.5 Å². The molecule has 1 heterocycles. The van der Waals surface area contributed by atoms with Crippen molar-refractivity contribution in [3.8, 4) is 0 Å². The van der Waals surface area contributed by atoms with Crippen LogP contribution in [0, 0.1) is 0 Å². The molecule has 1 aromatic rings. The van der Waals surface area contributed by atoms with Crippen molar-refractivity contribution in [1.29, 1.82) is 0 Å². The highest BCUT2D eigenvalue weighted by Crippen LogP contribution is 2.07. The van der Waals surface area contributed by atoms with Crippen molar-refractivity contribution in [2.75, 3.05) is 6.61 Å². The van der Waals surface area contributed by atoms with Crippen LogP contribution in [0.1, 0.15) is 24.7 Å². The number of nitrogens with zero attached hydrogens (tertiary/aromatic N) is 2. The van der Waals surface area contributed by atoms with Crippen LogP contribution in [0.4, 0.5) is 4.79 Å². The molecular weight excluding hydrogens is 288 g/mol. The van der Waals surface area contributed by atoms with Gasteiger partial charge in [-0.25, -0.2) is 9.59 Å². The molecule has 3 unspecified atom stereocenters. The van der Waals surface area contributed by atoms with Crippen molar-refractivity contribution in [2.24, 2.45) is 0 Å². The SMILES string of the molecule is CC(O)C(NC(=O)NCc1nc(C(O)CO)no1)C(=O)O. The van der Waals surface area contributed by atoms with Crippen molar-refractivity contribution < 1.29 is 34.5 Å². The maximum Gasteiger partial charge on any atom is 0.328 e. The molecule has 11 nitrogen and oxygen atoms in total. The van der Waals surface area contributed by atoms with Gasteiger partial charge in [-0.3, -0.25) is 0 Å². The summed E-state index contributed by atoms with van der Waals surface area (Å²) in [6.45, 7) is 0.421. The predicted molar refractivity (Wildman–Crippen MR) is 64.8 cm³/mol. The Morgan fingerprint density at radius 3 is 2.57 bits per heavy atom. The van der Waals surface area contributed by atoms with E-state index in [0.29, 0.717) is 0 Å². The lowest BCUT2D eigenvalue weighted by atomic mass is 10.2. The van der Waals surface area contributed by atoms with Crippen LogP contribution < -0.4 is 10.6 Å². The minimum absolute atomic E-state index is 0.0448. The Kier molecular flexibility index (Phi) is 6.02. The van der Waals surface area contributed by atoms with E-state index in [1.165, 1.54) is 6.92 Å². The normalized spacial score (nSPS) is 15.0. The third-order valence-corrected chi connectivity index (χ3v) is 2.39. The Hall–Kier alpha value is -2.24. The highest BCUT2D eigenvalue weighted by Gasteiger charge is 2.25. The van der Waals surface area contributed by atoms with Gasteiger partial charge in [-0.05, 0) is 6.92 Å². The van der Waals surface area contributed by atoms with Crippen molar-refractivity contribution >= 4 is 12.0 Å². The average molecular weight is 304 g/mol. The summed E-state index contributed by atoms with van der Waals surface area (Å²) in [6, 6.07) is -2.31. The second kappa shape index (κ2) is 7.52. The lowest BCUT2D eigenvalue weighted by Crippen LogP contribution is -2.51. The summed E-state index contributed by atoms with van der Waals surface area (Å²) in [5.41, 5.74) is 0. The molecule has 0 aliphatic rings. The number of carboxylic acids is 1. The number of nitrogens with one attached hydrogen (secondary N) is 2. The number of aromatic nitrogens is 2. The van der Waals surface area contributed by atoms with Crippen molar-refractivity contribution in [1.82, 2.24) is 20.8 Å². The lowest BCUT2D eigenvalue weighted by molar-refractivity contribution is -0.141. The molecule has 0 saturated carbocycles. The molecule has 0 radical (unpaired) electrons. The number of aliphatic carboxylic acids is 1. The van der Waals surface area contributed by atoms with Crippen LogP contribution in [0.25, 0.3) is 0 Å². The first-order chi connectivity index (χ1) is 9.85. The maximum absolute atomic E-state index is 11.5. The second-order valence-electron chi connectivity index (χ2n) is 4.13. The highest BCUT2D eigenvalue weighted by molar-refractivity contribution is 5.82. The van der Waals surface area contributed by atoms with Gasteiger partial charge in [-0.15, -0.1) is 0 Å². The van der Waals surface area contributed by atoms with E-state index in [0.717, 1.165) is 0 Å². The monoisotopic (exact) mass is 304 g/mol. The molecule has 1 rings (SSSR count). The molecule has 0 bridgehead atoms. The van der Waals surface area contributed by atoms with Gasteiger partial charge in [0.25, 0.3) is 0 Å². The summed E-state index contributed by atoms with van der Waals surface area (Å²) < 4.78 is 4.70. The van der Waals surface area contributed by atoms with Gasteiger partial charge in [0, 0.05) is 0 Å². The molecule has 0 saturated heterocycles. The molecule has 118 valence electrons. The first-order valence-electron chi connectivity index (χ1n) is 5.91. The zero-order chi connectivity index (χ0) is 16.0. The molecule has 6 N–H and O–H groups in total. The Balaban J connectivity index is 2.49. The largest absolute Gasteiger partial charge is 0.480 e. The molecule has 11 heteroatoms. The van der Waals surface area contributed by atoms with Crippen LogP contribution in [0.3, 0.4) is 0 Å². The van der Waals surface area contributed by atoms with Gasteiger partial charge in [-0.2, -0.15) is 4.98 Å². The highest BCUT2D eigenvalue weighted by atomic mass is 16.5. The van der Waals surface area contributed by atoms with Crippen LogP contribution in [0.2, 0.25) is 0 Å². The van der Waals surface area contributed by atoms with E-state index in [4.69, 9.17) is 14.7 Å². The van der Waals surface area contributed by atoms with Crippen molar-refractivity contribution in [3.63, 3.8) is 0 Å². The van der Waals surface area contributed by atoms with Gasteiger partial charge < -0.3 is 35.6 Å². The van der Waals surface area contributed by atoms with Gasteiger partial charge in [0.15, 0.2) is 6.04 Å². The molecule has 0 aromatic carbocycles. The number of carboxylic acid groups (broad SMARTS) is 1. The number of rotatable bonds is 7. The summed E-state index contributed by atoms with van der Waals surface area (Å²) in [4.78, 5) is 25.9. The predicted octanol–water partition coefficient (Wildman–Crippen LogP) is -2.27. The molecule has 2 amide bonds. The first kappa shape index (κ1) is 16.8. The minimum Gasteiger partial charge on any atom is -0.480 e. The standard InChI is InChI=1S/C10H16N4O7/c1-4(16)7(9(18)19)13-10(20)11-2-6-12-8(14-21-6)5(17)3-15/h4-5,7,15-17H,2-3H2,1H3,(H,18,19)(H2,11,13,20). The van der Waals surface area contributed by atoms with Crippen LogP contribution in [0.15, 0.2) is 4.52 Å². The van der Waals surface area contributed by atoms with Gasteiger partial charge >= 0.3 is 12.0 Å². The van der Waals surface area contributed by atoms with E-state index < -0.39 is 36.9 Å². The topological polar surface area (TPSA) is 178 Å². The minimum atomic E-state index is -1.46. The van der Waals surface area contributed by atoms with Crippen LogP contribution in [-0.2, 0) is 11.3 Å². The molecule has 1 aromatic heterocycles. The van der Waals surface area contributed by atoms with E-state index >= 15 is 0 Å². The third-order valence-electron chi connectivity index (χ3n) is 2.39. The molecule has 0 fully saturated rings. The van der Waals surface area contributed by atoms with Crippen molar-refractivity contribution in [3.05, 3.63) is 11.7 Å². The van der Waals surface area contributed by atoms with Crippen LogP contribution in [0.5, 0.6) is 0 Å². The molecule has 0 aliphatic carbocycles. The second-order valence-corrected chi connectivity index (χ2v) is 4.13. The average Bonchev–Trinajstić information content (AvgIpc) is 2.89. The summed E-state index contributed by atoms with van der Waals surface area (Å²) in [6.07, 6.45) is -2.56. The first-order valence-corrected chi connectivity index (χ1v) is 5.91. The number of urea groups is 1. The molecule has 21 heavy (non-hydrogen) atoms. The van der Waals surface area contributed by atoms with E-state index in [-0.39, 0.29) is 18.3 Å². The maximum atomic E-state index is 11.5. The number of amides is 2. The fourth-order valence-electron chi connectivity index (χ4n) is 1.29. The number of carbonyl (C=O) groups excluding carboxylic acids is 1. The fraction of sp³-hybridized carbons (Fsp3) is 0.600. The summed E-state index contributed by atoms with van der Waals surface area (Å²) in [5.74, 6) is -1.56. The molecule has 3 atom stereocenters. The van der Waals surface area contributed by atoms with Gasteiger partial charge in [0.1, 0.15) is 6.10 Å². The molecular formula is C10H16N4O7. The van der Waals surface area contributed by atoms with E-state index in [1.54, 1.807) is 0 Å². The summed E-state index contributed by atoms with van der Waals surface area (Å²) in [5, 5.41) is 43.6. The smallest absolute Gasteiger partial charge is 0.328 e. The third kappa shape index (κ3) is 4.98. The zero-order valence-electron chi connectivity index (χ0n) is 11.1. The van der Waals surface area contributed by atoms with Gasteiger partial charge in [0.05, 0.1) is 19.3 Å². The van der Waals surface area contributed by atoms with Crippen LogP contribution in [-0.4, -0.2) is 61.3 Å². The Bertz CT molecular complexity index is 490. The number of aliphatic hydroxyl groups is 3. The van der Waals surface area contributed by atoms with E-state index in [1.807, 2.05) is 5.32 Å². The number of hydrogen-bond acceptors (Lipinski definition) is 8. The Morgan fingerprint density at radius 1 is 1.38 bits per heavy atom. The summed E-state index contributed by atoms with van der Waals surface area (Å²) >= 11 is 0.